The largest absolute Gasteiger partial charge is 0.324 e. The molecule has 2 aromatic heterocycles. The lowest BCUT2D eigenvalue weighted by atomic mass is 9.74. The first-order chi connectivity index (χ1) is 8.96. The van der Waals surface area contributed by atoms with Gasteiger partial charge < -0.3 is 10.3 Å². The molecule has 3 rings (SSSR count). The molecular formula is C16H21N3. The molecule has 1 atom stereocenters. The molecule has 2 aromatic rings. The van der Waals surface area contributed by atoms with Gasteiger partial charge in [-0.25, -0.2) is 4.98 Å². The highest BCUT2D eigenvalue weighted by molar-refractivity contribution is 5.37. The van der Waals surface area contributed by atoms with Crippen LogP contribution in [0.2, 0.25) is 0 Å². The molecule has 0 spiro atoms. The van der Waals surface area contributed by atoms with Gasteiger partial charge in [-0.15, -0.1) is 0 Å². The van der Waals surface area contributed by atoms with Crippen LogP contribution in [0, 0.1) is 12.3 Å². The van der Waals surface area contributed by atoms with Gasteiger partial charge in [-0.2, -0.15) is 0 Å². The van der Waals surface area contributed by atoms with Gasteiger partial charge in [0.15, 0.2) is 0 Å². The molecule has 1 aliphatic rings. The zero-order valence-corrected chi connectivity index (χ0v) is 11.9. The van der Waals surface area contributed by atoms with Crippen LogP contribution in [0.1, 0.15) is 43.3 Å². The van der Waals surface area contributed by atoms with Gasteiger partial charge in [-0.05, 0) is 48.9 Å². The molecule has 19 heavy (non-hydrogen) atoms. The van der Waals surface area contributed by atoms with Crippen LogP contribution < -0.4 is 5.73 Å². The van der Waals surface area contributed by atoms with E-state index in [1.165, 1.54) is 11.3 Å². The average Bonchev–Trinajstić information content (AvgIpc) is 2.71. The van der Waals surface area contributed by atoms with Crippen molar-refractivity contribution in [3.05, 3.63) is 47.4 Å². The van der Waals surface area contributed by atoms with E-state index in [9.17, 15) is 0 Å². The minimum absolute atomic E-state index is 0.143. The van der Waals surface area contributed by atoms with E-state index in [0.717, 1.165) is 24.4 Å². The molecular weight excluding hydrogens is 234 g/mol. The number of nitrogens with zero attached hydrogens (tertiary/aromatic N) is 2. The summed E-state index contributed by atoms with van der Waals surface area (Å²) < 4.78 is 2.20. The second-order valence-corrected chi connectivity index (χ2v) is 6.38. The van der Waals surface area contributed by atoms with Gasteiger partial charge in [0.2, 0.25) is 0 Å². The number of hydrogen-bond donors (Lipinski definition) is 1. The molecule has 0 saturated heterocycles. The quantitative estimate of drug-likeness (QED) is 0.850. The Labute approximate surface area is 114 Å². The molecule has 0 saturated carbocycles. The van der Waals surface area contributed by atoms with Crippen LogP contribution in [0.3, 0.4) is 0 Å². The molecule has 2 N–H and O–H groups in total. The highest BCUT2D eigenvalue weighted by atomic mass is 15.1. The van der Waals surface area contributed by atoms with E-state index < -0.39 is 0 Å². The molecule has 0 fully saturated rings. The Morgan fingerprint density at radius 3 is 2.84 bits per heavy atom. The first-order valence-corrected chi connectivity index (χ1v) is 6.86. The Bertz CT molecular complexity index is 610. The van der Waals surface area contributed by atoms with Crippen LogP contribution in [-0.4, -0.2) is 9.55 Å². The lowest BCUT2D eigenvalue weighted by Crippen LogP contribution is -2.30. The third-order valence-corrected chi connectivity index (χ3v) is 3.97. The number of nitrogens with two attached hydrogens (primary N) is 1. The summed E-state index contributed by atoms with van der Waals surface area (Å²) in [5.74, 6) is 0.992. The van der Waals surface area contributed by atoms with E-state index >= 15 is 0 Å². The molecule has 100 valence electrons. The standard InChI is InChI=1S/C16H21N3/c1-11-5-4-6-15(18-11)19-8-7-12-13(17)9-16(2,3)10-14(12)19/h4-8,13H,9-10,17H2,1-3H3. The van der Waals surface area contributed by atoms with E-state index in [2.05, 4.69) is 47.8 Å². The smallest absolute Gasteiger partial charge is 0.137 e. The number of fused-ring (bicyclic) bond motifs is 1. The maximum atomic E-state index is 6.31. The van der Waals surface area contributed by atoms with E-state index in [-0.39, 0.29) is 11.5 Å². The zero-order chi connectivity index (χ0) is 13.6. The first kappa shape index (κ1) is 12.4. The third-order valence-electron chi connectivity index (χ3n) is 3.97. The molecule has 0 aliphatic heterocycles. The van der Waals surface area contributed by atoms with Crippen LogP contribution in [0.25, 0.3) is 5.82 Å². The molecule has 0 amide bonds. The number of aromatic nitrogens is 2. The zero-order valence-electron chi connectivity index (χ0n) is 11.9. The maximum absolute atomic E-state index is 6.31. The molecule has 1 aliphatic carbocycles. The number of hydrogen-bond acceptors (Lipinski definition) is 2. The highest BCUT2D eigenvalue weighted by Crippen LogP contribution is 2.40. The summed E-state index contributed by atoms with van der Waals surface area (Å²) in [6, 6.07) is 8.43. The predicted molar refractivity (Wildman–Crippen MR) is 77.3 cm³/mol. The Morgan fingerprint density at radius 2 is 2.11 bits per heavy atom. The van der Waals surface area contributed by atoms with E-state index in [1.807, 2.05) is 13.0 Å². The monoisotopic (exact) mass is 255 g/mol. The van der Waals surface area contributed by atoms with Gasteiger partial charge in [0, 0.05) is 23.6 Å². The minimum Gasteiger partial charge on any atom is -0.324 e. The molecule has 0 aromatic carbocycles. The van der Waals surface area contributed by atoms with Crippen molar-refractivity contribution in [1.29, 1.82) is 0 Å². The summed E-state index contributed by atoms with van der Waals surface area (Å²) in [5, 5.41) is 0. The summed E-state index contributed by atoms with van der Waals surface area (Å²) in [4.78, 5) is 4.62. The molecule has 0 radical (unpaired) electrons. The van der Waals surface area contributed by atoms with E-state index in [0.29, 0.717) is 0 Å². The van der Waals surface area contributed by atoms with Crippen molar-refractivity contribution < 1.29 is 0 Å². The molecule has 2 heterocycles. The SMILES string of the molecule is Cc1cccc(-n2ccc3c2CC(C)(C)CC3N)n1. The van der Waals surface area contributed by atoms with Gasteiger partial charge in [0.1, 0.15) is 5.82 Å². The van der Waals surface area contributed by atoms with Gasteiger partial charge >= 0.3 is 0 Å². The van der Waals surface area contributed by atoms with Gasteiger partial charge in [-0.1, -0.05) is 19.9 Å². The fraction of sp³-hybridized carbons (Fsp3) is 0.438. The molecule has 3 heteroatoms. The third kappa shape index (κ3) is 2.19. The Balaban J connectivity index is 2.11. The first-order valence-electron chi connectivity index (χ1n) is 6.86. The van der Waals surface area contributed by atoms with Crippen molar-refractivity contribution in [1.82, 2.24) is 9.55 Å². The number of aryl methyl sites for hydroxylation is 1. The second kappa shape index (κ2) is 4.20. The minimum atomic E-state index is 0.143. The summed E-state index contributed by atoms with van der Waals surface area (Å²) in [7, 11) is 0. The summed E-state index contributed by atoms with van der Waals surface area (Å²) >= 11 is 0. The lowest BCUT2D eigenvalue weighted by molar-refractivity contribution is 0.278. The van der Waals surface area contributed by atoms with Crippen molar-refractivity contribution in [2.45, 2.75) is 39.7 Å². The normalized spacial score (nSPS) is 21.2. The van der Waals surface area contributed by atoms with Crippen molar-refractivity contribution >= 4 is 0 Å². The topological polar surface area (TPSA) is 43.8 Å². The molecule has 3 nitrogen and oxygen atoms in total. The van der Waals surface area contributed by atoms with Crippen molar-refractivity contribution in [2.24, 2.45) is 11.1 Å². The fourth-order valence-corrected chi connectivity index (χ4v) is 3.11. The number of pyridine rings is 1. The molecule has 0 bridgehead atoms. The van der Waals surface area contributed by atoms with Crippen molar-refractivity contribution in [2.75, 3.05) is 0 Å². The van der Waals surface area contributed by atoms with Gasteiger partial charge in [0.05, 0.1) is 0 Å². The van der Waals surface area contributed by atoms with Crippen LogP contribution in [0.15, 0.2) is 30.5 Å². The molecule has 1 unspecified atom stereocenters. The van der Waals surface area contributed by atoms with Crippen molar-refractivity contribution in [3.8, 4) is 5.82 Å². The van der Waals surface area contributed by atoms with Gasteiger partial charge in [0.25, 0.3) is 0 Å². The van der Waals surface area contributed by atoms with Crippen LogP contribution >= 0.6 is 0 Å². The summed E-state index contributed by atoms with van der Waals surface area (Å²) in [5.41, 5.74) is 10.2. The highest BCUT2D eigenvalue weighted by Gasteiger charge is 2.32. The van der Waals surface area contributed by atoms with Gasteiger partial charge in [-0.3, -0.25) is 0 Å². The summed E-state index contributed by atoms with van der Waals surface area (Å²) in [6.07, 6.45) is 4.21. The Morgan fingerprint density at radius 1 is 1.32 bits per heavy atom. The predicted octanol–water partition coefficient (Wildman–Crippen LogP) is 3.15. The fourth-order valence-electron chi connectivity index (χ4n) is 3.11. The van der Waals surface area contributed by atoms with Crippen LogP contribution in [-0.2, 0) is 6.42 Å². The van der Waals surface area contributed by atoms with Crippen molar-refractivity contribution in [3.63, 3.8) is 0 Å². The average molecular weight is 255 g/mol. The van der Waals surface area contributed by atoms with Crippen LogP contribution in [0.5, 0.6) is 0 Å². The Hall–Kier alpha value is -1.61. The van der Waals surface area contributed by atoms with E-state index in [4.69, 9.17) is 5.73 Å². The second-order valence-electron chi connectivity index (χ2n) is 6.38. The van der Waals surface area contributed by atoms with Crippen LogP contribution in [0.4, 0.5) is 0 Å². The Kier molecular flexibility index (Phi) is 2.75. The lowest BCUT2D eigenvalue weighted by Gasteiger charge is -2.34. The van der Waals surface area contributed by atoms with E-state index in [1.54, 1.807) is 0 Å². The summed E-state index contributed by atoms with van der Waals surface area (Å²) in [6.45, 7) is 6.60. The maximum Gasteiger partial charge on any atom is 0.137 e. The number of rotatable bonds is 1.